The van der Waals surface area contributed by atoms with Crippen molar-refractivity contribution < 1.29 is 14.3 Å². The zero-order chi connectivity index (χ0) is 21.2. The van der Waals surface area contributed by atoms with Gasteiger partial charge in [0, 0.05) is 19.7 Å². The number of hydrogen-bond donors (Lipinski definition) is 1. The van der Waals surface area contributed by atoms with Gasteiger partial charge in [-0.1, -0.05) is 42.5 Å². The first-order valence-electron chi connectivity index (χ1n) is 11.0. The lowest BCUT2D eigenvalue weighted by Crippen LogP contribution is -2.31. The van der Waals surface area contributed by atoms with Crippen molar-refractivity contribution in [2.24, 2.45) is 0 Å². The Kier molecular flexibility index (Phi) is 8.50. The summed E-state index contributed by atoms with van der Waals surface area (Å²) in [5.74, 6) is 1.51. The second kappa shape index (κ2) is 11.3. The maximum Gasteiger partial charge on any atom is 0.135 e. The second-order valence-electron chi connectivity index (χ2n) is 8.24. The van der Waals surface area contributed by atoms with Crippen molar-refractivity contribution in [2.75, 3.05) is 13.2 Å². The van der Waals surface area contributed by atoms with E-state index >= 15 is 0 Å². The number of benzene rings is 1. The van der Waals surface area contributed by atoms with Crippen molar-refractivity contribution in [1.82, 2.24) is 4.90 Å². The lowest BCUT2D eigenvalue weighted by molar-refractivity contribution is -0.00261. The number of nitrogens with zero attached hydrogens (tertiary/aromatic N) is 1. The van der Waals surface area contributed by atoms with Gasteiger partial charge in [-0.25, -0.2) is 0 Å². The average Bonchev–Trinajstić information content (AvgIpc) is 3.44. The highest BCUT2D eigenvalue weighted by Gasteiger charge is 2.31. The summed E-state index contributed by atoms with van der Waals surface area (Å²) in [4.78, 5) is 2.38. The Balaban J connectivity index is 1.72. The van der Waals surface area contributed by atoms with E-state index in [1.807, 2.05) is 30.4 Å². The fourth-order valence-corrected chi connectivity index (χ4v) is 4.09. The van der Waals surface area contributed by atoms with E-state index in [0.717, 1.165) is 51.1 Å². The molecule has 1 aromatic carbocycles. The molecule has 1 aliphatic heterocycles. The largest absolute Gasteiger partial charge is 0.462 e. The molecule has 1 saturated heterocycles. The van der Waals surface area contributed by atoms with Crippen molar-refractivity contribution in [3.63, 3.8) is 0 Å². The van der Waals surface area contributed by atoms with Gasteiger partial charge in [-0.2, -0.15) is 0 Å². The minimum atomic E-state index is -0.987. The van der Waals surface area contributed by atoms with Crippen LogP contribution < -0.4 is 0 Å². The SMILES string of the molecule is C=CCCC(O)(CCC=C)c1ccc(CN(Cc2ccccc2)C[C@H]2CCCO2)o1. The van der Waals surface area contributed by atoms with Crippen molar-refractivity contribution in [3.05, 3.63) is 84.9 Å². The van der Waals surface area contributed by atoms with E-state index in [0.29, 0.717) is 25.1 Å². The molecule has 0 saturated carbocycles. The summed E-state index contributed by atoms with van der Waals surface area (Å²) >= 11 is 0. The Morgan fingerprint density at radius 3 is 2.40 bits per heavy atom. The molecule has 4 nitrogen and oxygen atoms in total. The van der Waals surface area contributed by atoms with E-state index in [4.69, 9.17) is 9.15 Å². The van der Waals surface area contributed by atoms with Crippen molar-refractivity contribution in [2.45, 2.75) is 63.3 Å². The zero-order valence-electron chi connectivity index (χ0n) is 18.0. The molecule has 30 heavy (non-hydrogen) atoms. The molecule has 0 aliphatic carbocycles. The van der Waals surface area contributed by atoms with E-state index in [9.17, 15) is 5.11 Å². The molecule has 1 aromatic heterocycles. The fourth-order valence-electron chi connectivity index (χ4n) is 4.09. The van der Waals surface area contributed by atoms with Crippen LogP contribution in [0.15, 0.2) is 72.2 Å². The molecule has 1 fully saturated rings. The van der Waals surface area contributed by atoms with Gasteiger partial charge < -0.3 is 14.3 Å². The van der Waals surface area contributed by atoms with Crippen molar-refractivity contribution >= 4 is 0 Å². The Labute approximate surface area is 180 Å². The summed E-state index contributed by atoms with van der Waals surface area (Å²) < 4.78 is 12.1. The highest BCUT2D eigenvalue weighted by atomic mass is 16.5. The predicted octanol–water partition coefficient (Wildman–Crippen LogP) is 5.58. The number of ether oxygens (including phenoxy) is 1. The second-order valence-corrected chi connectivity index (χ2v) is 8.24. The summed E-state index contributed by atoms with van der Waals surface area (Å²) in [5, 5.41) is 11.2. The van der Waals surface area contributed by atoms with Gasteiger partial charge >= 0.3 is 0 Å². The summed E-state index contributed by atoms with van der Waals surface area (Å²) in [6, 6.07) is 14.4. The van der Waals surface area contributed by atoms with Crippen LogP contribution in [-0.2, 0) is 23.4 Å². The van der Waals surface area contributed by atoms with E-state index in [1.54, 1.807) is 0 Å². The number of furan rings is 1. The van der Waals surface area contributed by atoms with Crippen molar-refractivity contribution in [3.8, 4) is 0 Å². The van der Waals surface area contributed by atoms with Crippen LogP contribution in [0.25, 0.3) is 0 Å². The van der Waals surface area contributed by atoms with Gasteiger partial charge in [-0.05, 0) is 56.2 Å². The number of hydrogen-bond acceptors (Lipinski definition) is 4. The van der Waals surface area contributed by atoms with Gasteiger partial charge in [0.15, 0.2) is 0 Å². The van der Waals surface area contributed by atoms with Crippen LogP contribution in [0.5, 0.6) is 0 Å². The third-order valence-corrected chi connectivity index (χ3v) is 5.76. The van der Waals surface area contributed by atoms with E-state index in [2.05, 4.69) is 42.3 Å². The highest BCUT2D eigenvalue weighted by molar-refractivity contribution is 5.17. The molecule has 0 unspecified atom stereocenters. The minimum absolute atomic E-state index is 0.278. The summed E-state index contributed by atoms with van der Waals surface area (Å²) in [6.45, 7) is 10.8. The van der Waals surface area contributed by atoms with E-state index < -0.39 is 5.60 Å². The molecule has 2 aromatic rings. The number of allylic oxidation sites excluding steroid dienone is 2. The first kappa shape index (κ1) is 22.5. The van der Waals surface area contributed by atoms with Gasteiger partial charge in [0.2, 0.25) is 0 Å². The monoisotopic (exact) mass is 409 g/mol. The van der Waals surface area contributed by atoms with Gasteiger partial charge in [0.05, 0.1) is 12.6 Å². The molecule has 0 spiro atoms. The molecule has 0 bridgehead atoms. The normalized spacial score (nSPS) is 16.8. The summed E-state index contributed by atoms with van der Waals surface area (Å²) in [7, 11) is 0. The average molecular weight is 410 g/mol. The smallest absolute Gasteiger partial charge is 0.135 e. The van der Waals surface area contributed by atoms with Crippen LogP contribution >= 0.6 is 0 Å². The fraction of sp³-hybridized carbons (Fsp3) is 0.462. The molecule has 3 rings (SSSR count). The first-order valence-corrected chi connectivity index (χ1v) is 11.0. The maximum absolute atomic E-state index is 11.2. The van der Waals surface area contributed by atoms with Gasteiger partial charge in [-0.15, -0.1) is 13.2 Å². The molecular weight excluding hydrogens is 374 g/mol. The van der Waals surface area contributed by atoms with E-state index in [-0.39, 0.29) is 6.10 Å². The minimum Gasteiger partial charge on any atom is -0.462 e. The molecule has 1 aliphatic rings. The summed E-state index contributed by atoms with van der Waals surface area (Å²) in [5.41, 5.74) is 0.287. The molecule has 0 amide bonds. The number of aliphatic hydroxyl groups is 1. The topological polar surface area (TPSA) is 45.8 Å². The van der Waals surface area contributed by atoms with Gasteiger partial charge in [0.1, 0.15) is 17.1 Å². The summed E-state index contributed by atoms with van der Waals surface area (Å²) in [6.07, 6.45) is 8.87. The van der Waals surface area contributed by atoms with Crippen LogP contribution in [0.4, 0.5) is 0 Å². The Bertz CT molecular complexity index is 765. The van der Waals surface area contributed by atoms with Crippen LogP contribution in [0.1, 0.15) is 55.6 Å². The molecule has 1 atom stereocenters. The molecular formula is C26H35NO3. The standard InChI is InChI=1S/C26H35NO3/c1-3-5-16-26(28,17-6-4-2)25-15-14-24(30-25)21-27(20-23-13-10-18-29-23)19-22-11-8-7-9-12-22/h3-4,7-9,11-12,14-15,23,28H,1-2,5-6,10,13,16-21H2/t23-/m1/s1. The lowest BCUT2D eigenvalue weighted by Gasteiger charge is -2.26. The zero-order valence-corrected chi connectivity index (χ0v) is 18.0. The predicted molar refractivity (Wildman–Crippen MR) is 121 cm³/mol. The lowest BCUT2D eigenvalue weighted by atomic mass is 9.89. The van der Waals surface area contributed by atoms with Crippen LogP contribution in [-0.4, -0.2) is 29.3 Å². The quantitative estimate of drug-likeness (QED) is 0.439. The molecule has 1 N–H and O–H groups in total. The van der Waals surface area contributed by atoms with Gasteiger partial charge in [-0.3, -0.25) is 4.90 Å². The van der Waals surface area contributed by atoms with E-state index in [1.165, 1.54) is 5.56 Å². The van der Waals surface area contributed by atoms with Crippen LogP contribution in [0.2, 0.25) is 0 Å². The van der Waals surface area contributed by atoms with Crippen molar-refractivity contribution in [1.29, 1.82) is 0 Å². The molecule has 4 heteroatoms. The molecule has 162 valence electrons. The van der Waals surface area contributed by atoms with Gasteiger partial charge in [0.25, 0.3) is 0 Å². The Morgan fingerprint density at radius 2 is 1.77 bits per heavy atom. The third-order valence-electron chi connectivity index (χ3n) is 5.76. The Hall–Kier alpha value is -2.14. The third kappa shape index (κ3) is 6.43. The Morgan fingerprint density at radius 1 is 1.03 bits per heavy atom. The first-order chi connectivity index (χ1) is 14.6. The maximum atomic E-state index is 11.2. The van der Waals surface area contributed by atoms with Crippen LogP contribution in [0, 0.1) is 0 Å². The number of rotatable bonds is 13. The highest BCUT2D eigenvalue weighted by Crippen LogP contribution is 2.33. The molecule has 0 radical (unpaired) electrons. The van der Waals surface area contributed by atoms with Crippen LogP contribution in [0.3, 0.4) is 0 Å². The molecule has 2 heterocycles.